The lowest BCUT2D eigenvalue weighted by atomic mass is 10.1. The van der Waals surface area contributed by atoms with Gasteiger partial charge in [0.15, 0.2) is 6.61 Å². The number of nitrogens with one attached hydrogen (secondary N) is 1. The van der Waals surface area contributed by atoms with Crippen LogP contribution in [0.5, 0.6) is 5.75 Å². The molecule has 3 nitrogen and oxygen atoms in total. The molecule has 1 aromatic carbocycles. The summed E-state index contributed by atoms with van der Waals surface area (Å²) in [5, 5.41) is 2.88. The van der Waals surface area contributed by atoms with Crippen molar-refractivity contribution < 1.29 is 9.53 Å². The number of carbonyl (C=O) groups is 1. The SMILES string of the molecule is Cc1cc(OCC(=O)NC(C)(C)C)c(C)c(C)c1Br. The summed E-state index contributed by atoms with van der Waals surface area (Å²) in [6, 6.07) is 1.96. The van der Waals surface area contributed by atoms with E-state index in [0.29, 0.717) is 0 Å². The predicted molar refractivity (Wildman–Crippen MR) is 81.7 cm³/mol. The molecule has 1 amide bonds. The summed E-state index contributed by atoms with van der Waals surface area (Å²) in [4.78, 5) is 11.7. The number of benzene rings is 1. The van der Waals surface area contributed by atoms with Gasteiger partial charge in [0.1, 0.15) is 5.75 Å². The lowest BCUT2D eigenvalue weighted by molar-refractivity contribution is -0.124. The molecule has 19 heavy (non-hydrogen) atoms. The molecule has 1 N–H and O–H groups in total. The maximum atomic E-state index is 11.7. The van der Waals surface area contributed by atoms with Gasteiger partial charge in [0.25, 0.3) is 5.91 Å². The van der Waals surface area contributed by atoms with Crippen LogP contribution in [0.2, 0.25) is 0 Å². The Morgan fingerprint density at radius 1 is 1.26 bits per heavy atom. The minimum absolute atomic E-state index is 0.0403. The van der Waals surface area contributed by atoms with Gasteiger partial charge >= 0.3 is 0 Å². The number of amides is 1. The summed E-state index contributed by atoms with van der Waals surface area (Å²) in [6.45, 7) is 11.9. The van der Waals surface area contributed by atoms with Crippen LogP contribution in [0, 0.1) is 20.8 Å². The van der Waals surface area contributed by atoms with Crippen LogP contribution in [0.1, 0.15) is 37.5 Å². The number of ether oxygens (including phenoxy) is 1. The third kappa shape index (κ3) is 4.53. The number of carbonyl (C=O) groups excluding carboxylic acids is 1. The van der Waals surface area contributed by atoms with E-state index in [1.54, 1.807) is 0 Å². The lowest BCUT2D eigenvalue weighted by Crippen LogP contribution is -2.43. The van der Waals surface area contributed by atoms with Crippen molar-refractivity contribution in [2.24, 2.45) is 0 Å². The van der Waals surface area contributed by atoms with E-state index in [-0.39, 0.29) is 18.1 Å². The van der Waals surface area contributed by atoms with Crippen molar-refractivity contribution >= 4 is 21.8 Å². The second kappa shape index (κ2) is 5.95. The highest BCUT2D eigenvalue weighted by Gasteiger charge is 2.15. The molecule has 0 aliphatic heterocycles. The normalized spacial score (nSPS) is 11.3. The van der Waals surface area contributed by atoms with Gasteiger partial charge < -0.3 is 10.1 Å². The summed E-state index contributed by atoms with van der Waals surface area (Å²) in [5.41, 5.74) is 3.07. The number of rotatable bonds is 3. The van der Waals surface area contributed by atoms with Crippen molar-refractivity contribution in [3.63, 3.8) is 0 Å². The van der Waals surface area contributed by atoms with Crippen LogP contribution in [0.4, 0.5) is 0 Å². The molecule has 106 valence electrons. The molecule has 1 rings (SSSR count). The Morgan fingerprint density at radius 2 is 1.84 bits per heavy atom. The quantitative estimate of drug-likeness (QED) is 0.919. The highest BCUT2D eigenvalue weighted by molar-refractivity contribution is 9.10. The van der Waals surface area contributed by atoms with Crippen molar-refractivity contribution in [3.05, 3.63) is 27.2 Å². The average Bonchev–Trinajstić information content (AvgIpc) is 2.27. The van der Waals surface area contributed by atoms with Crippen LogP contribution in [-0.2, 0) is 4.79 Å². The molecule has 1 aromatic rings. The second-order valence-electron chi connectivity index (χ2n) is 5.84. The molecule has 0 atom stereocenters. The molecule has 4 heteroatoms. The van der Waals surface area contributed by atoms with Crippen LogP contribution in [0.3, 0.4) is 0 Å². The van der Waals surface area contributed by atoms with Crippen LogP contribution < -0.4 is 10.1 Å². The first-order valence-electron chi connectivity index (χ1n) is 6.32. The smallest absolute Gasteiger partial charge is 0.258 e. The van der Waals surface area contributed by atoms with E-state index >= 15 is 0 Å². The van der Waals surface area contributed by atoms with Gasteiger partial charge in [0.05, 0.1) is 0 Å². The Labute approximate surface area is 123 Å². The van der Waals surface area contributed by atoms with E-state index in [1.807, 2.05) is 47.6 Å². The molecule has 0 bridgehead atoms. The Bertz CT molecular complexity index is 490. The zero-order valence-corrected chi connectivity index (χ0v) is 14.1. The molecule has 0 fully saturated rings. The van der Waals surface area contributed by atoms with Gasteiger partial charge in [-0.25, -0.2) is 0 Å². The van der Waals surface area contributed by atoms with Crippen LogP contribution >= 0.6 is 15.9 Å². The van der Waals surface area contributed by atoms with Gasteiger partial charge in [-0.15, -0.1) is 0 Å². The molecule has 0 aliphatic rings. The van der Waals surface area contributed by atoms with Crippen molar-refractivity contribution in [2.75, 3.05) is 6.61 Å². The standard InChI is InChI=1S/C15H22BrNO2/c1-9-7-12(10(2)11(3)14(9)16)19-8-13(18)17-15(4,5)6/h7H,8H2,1-6H3,(H,17,18). The third-order valence-corrected chi connectivity index (χ3v) is 4.05. The van der Waals surface area contributed by atoms with Gasteiger partial charge in [-0.05, 0) is 64.3 Å². The van der Waals surface area contributed by atoms with Crippen molar-refractivity contribution in [1.82, 2.24) is 5.32 Å². The molecule has 0 saturated heterocycles. The largest absolute Gasteiger partial charge is 0.483 e. The maximum absolute atomic E-state index is 11.7. The van der Waals surface area contributed by atoms with E-state index in [0.717, 1.165) is 26.9 Å². The number of aryl methyl sites for hydroxylation is 1. The fourth-order valence-corrected chi connectivity index (χ4v) is 2.17. The molecular formula is C15H22BrNO2. The fourth-order valence-electron chi connectivity index (χ4n) is 1.76. The monoisotopic (exact) mass is 327 g/mol. The number of hydrogen-bond acceptors (Lipinski definition) is 2. The second-order valence-corrected chi connectivity index (χ2v) is 6.64. The molecule has 0 spiro atoms. The topological polar surface area (TPSA) is 38.3 Å². The Hall–Kier alpha value is -1.03. The summed E-state index contributed by atoms with van der Waals surface area (Å²) in [5.74, 6) is 0.660. The maximum Gasteiger partial charge on any atom is 0.258 e. The number of hydrogen-bond donors (Lipinski definition) is 1. The zero-order valence-electron chi connectivity index (χ0n) is 12.5. The first-order valence-corrected chi connectivity index (χ1v) is 7.11. The molecular weight excluding hydrogens is 306 g/mol. The van der Waals surface area contributed by atoms with Gasteiger partial charge in [0.2, 0.25) is 0 Å². The summed E-state index contributed by atoms with van der Waals surface area (Å²) < 4.78 is 6.72. The average molecular weight is 328 g/mol. The molecule has 0 saturated carbocycles. The summed E-state index contributed by atoms with van der Waals surface area (Å²) in [7, 11) is 0. The lowest BCUT2D eigenvalue weighted by Gasteiger charge is -2.21. The predicted octanol–water partition coefficient (Wildman–Crippen LogP) is 3.67. The minimum atomic E-state index is -0.235. The van der Waals surface area contributed by atoms with Gasteiger partial charge in [0, 0.05) is 10.0 Å². The summed E-state index contributed by atoms with van der Waals surface area (Å²) in [6.07, 6.45) is 0. The Morgan fingerprint density at radius 3 is 2.37 bits per heavy atom. The van der Waals surface area contributed by atoms with Crippen LogP contribution in [0.15, 0.2) is 10.5 Å². The third-order valence-electron chi connectivity index (χ3n) is 2.83. The van der Waals surface area contributed by atoms with E-state index in [1.165, 1.54) is 0 Å². The molecule has 0 radical (unpaired) electrons. The minimum Gasteiger partial charge on any atom is -0.483 e. The van der Waals surface area contributed by atoms with Crippen molar-refractivity contribution in [1.29, 1.82) is 0 Å². The molecule has 0 aliphatic carbocycles. The Kier molecular flexibility index (Phi) is 5.02. The van der Waals surface area contributed by atoms with E-state index < -0.39 is 0 Å². The van der Waals surface area contributed by atoms with Gasteiger partial charge in [-0.2, -0.15) is 0 Å². The highest BCUT2D eigenvalue weighted by atomic mass is 79.9. The van der Waals surface area contributed by atoms with Crippen molar-refractivity contribution in [2.45, 2.75) is 47.1 Å². The van der Waals surface area contributed by atoms with Gasteiger partial charge in [-0.1, -0.05) is 15.9 Å². The number of halogens is 1. The first kappa shape index (κ1) is 16.0. The molecule has 0 heterocycles. The zero-order chi connectivity index (χ0) is 14.8. The molecule has 0 unspecified atom stereocenters. The van der Waals surface area contributed by atoms with Crippen LogP contribution in [-0.4, -0.2) is 18.1 Å². The Balaban J connectivity index is 2.77. The van der Waals surface area contributed by atoms with Crippen LogP contribution in [0.25, 0.3) is 0 Å². The summed E-state index contributed by atoms with van der Waals surface area (Å²) >= 11 is 3.55. The fraction of sp³-hybridized carbons (Fsp3) is 0.533. The highest BCUT2D eigenvalue weighted by Crippen LogP contribution is 2.31. The molecule has 0 aromatic heterocycles. The van der Waals surface area contributed by atoms with E-state index in [9.17, 15) is 4.79 Å². The van der Waals surface area contributed by atoms with Crippen molar-refractivity contribution in [3.8, 4) is 5.75 Å². The van der Waals surface area contributed by atoms with Gasteiger partial charge in [-0.3, -0.25) is 4.79 Å². The van der Waals surface area contributed by atoms with E-state index in [2.05, 4.69) is 21.2 Å². The first-order chi connectivity index (χ1) is 8.61. The van der Waals surface area contributed by atoms with E-state index in [4.69, 9.17) is 4.74 Å².